The second-order valence-electron chi connectivity index (χ2n) is 14.3. The first kappa shape index (κ1) is 46.7. The minimum atomic E-state index is -1.06. The summed E-state index contributed by atoms with van der Waals surface area (Å²) in [7, 11) is 0. The number of unbranched alkanes of at least 4 members (excludes halogenated alkanes) is 1. The number of ether oxygens (including phenoxy) is 4. The molecule has 1 aliphatic rings. The molecular weight excluding hydrogens is 769 g/mol. The van der Waals surface area contributed by atoms with Gasteiger partial charge < -0.3 is 45.3 Å². The Morgan fingerprint density at radius 1 is 0.733 bits per heavy atom. The van der Waals surface area contributed by atoms with Crippen LogP contribution in [0.5, 0.6) is 0 Å². The maximum absolute atomic E-state index is 13.6. The molecule has 3 aromatic rings. The summed E-state index contributed by atoms with van der Waals surface area (Å²) in [6, 6.07) is 23.6. The molecule has 60 heavy (non-hydrogen) atoms. The van der Waals surface area contributed by atoms with Crippen LogP contribution in [0.1, 0.15) is 67.6 Å². The van der Waals surface area contributed by atoms with Crippen molar-refractivity contribution >= 4 is 30.0 Å². The smallest absolute Gasteiger partial charge is 0.407 e. The van der Waals surface area contributed by atoms with Crippen molar-refractivity contribution in [2.24, 2.45) is 5.92 Å². The van der Waals surface area contributed by atoms with E-state index in [0.29, 0.717) is 32.2 Å². The minimum absolute atomic E-state index is 0.0676. The Labute approximate surface area is 352 Å². The number of hydrogen-bond acceptors (Lipinski definition) is 10. The largest absolute Gasteiger partial charge is 0.462 e. The van der Waals surface area contributed by atoms with E-state index >= 15 is 0 Å². The summed E-state index contributed by atoms with van der Waals surface area (Å²) in [4.78, 5) is 65.2. The number of carbonyl (C=O) groups is 5. The van der Waals surface area contributed by atoms with E-state index in [1.54, 1.807) is 12.2 Å². The van der Waals surface area contributed by atoms with E-state index in [4.69, 9.17) is 24.1 Å². The van der Waals surface area contributed by atoms with E-state index < -0.39 is 42.1 Å². The van der Waals surface area contributed by atoms with Crippen molar-refractivity contribution in [3.8, 4) is 11.1 Å². The van der Waals surface area contributed by atoms with Crippen LogP contribution >= 0.6 is 0 Å². The zero-order valence-corrected chi connectivity index (χ0v) is 34.1. The van der Waals surface area contributed by atoms with Gasteiger partial charge in [-0.25, -0.2) is 14.4 Å². The molecule has 0 heterocycles. The molecule has 0 aromatic heterocycles. The van der Waals surface area contributed by atoms with Gasteiger partial charge in [0.25, 0.3) is 0 Å². The lowest BCUT2D eigenvalue weighted by molar-refractivity contribution is -0.147. The molecule has 322 valence electrons. The number of esters is 1. The number of hydrogen-bond donors (Lipinski definition) is 5. The Balaban J connectivity index is 1.34. The maximum atomic E-state index is 13.6. The Bertz CT molecular complexity index is 1810. The molecule has 14 nitrogen and oxygen atoms in total. The molecule has 3 aromatic carbocycles. The van der Waals surface area contributed by atoms with Crippen LogP contribution in [-0.2, 0) is 39.9 Å². The predicted octanol–water partition coefficient (Wildman–Crippen LogP) is 5.69. The first-order valence-corrected chi connectivity index (χ1v) is 20.4. The molecule has 0 saturated heterocycles. The van der Waals surface area contributed by atoms with Crippen molar-refractivity contribution in [2.45, 2.75) is 69.6 Å². The predicted molar refractivity (Wildman–Crippen MR) is 227 cm³/mol. The SMILES string of the molecule is C=CCCC(NC(=O)OCC1c2ccccc2-c2ccccc21)C(=O)OCC(CCCCNC(=O)OCc1ccccc1)NC(=O)C(CC=C)CC(=O)NCCOCCO. The van der Waals surface area contributed by atoms with Crippen molar-refractivity contribution in [1.82, 2.24) is 21.3 Å². The highest BCUT2D eigenvalue weighted by Crippen LogP contribution is 2.44. The number of alkyl carbamates (subject to hydrolysis) is 2. The number of rotatable bonds is 27. The van der Waals surface area contributed by atoms with Gasteiger partial charge in [0.2, 0.25) is 11.8 Å². The summed E-state index contributed by atoms with van der Waals surface area (Å²) in [5, 5.41) is 19.9. The molecule has 1 aliphatic carbocycles. The van der Waals surface area contributed by atoms with Gasteiger partial charge in [0, 0.05) is 25.4 Å². The van der Waals surface area contributed by atoms with Crippen molar-refractivity contribution in [1.29, 1.82) is 0 Å². The Morgan fingerprint density at radius 2 is 1.43 bits per heavy atom. The third-order valence-electron chi connectivity index (χ3n) is 9.87. The number of aliphatic hydroxyl groups is 1. The van der Waals surface area contributed by atoms with Gasteiger partial charge in [-0.2, -0.15) is 0 Å². The highest BCUT2D eigenvalue weighted by atomic mass is 16.6. The fourth-order valence-electron chi connectivity index (χ4n) is 6.81. The summed E-state index contributed by atoms with van der Waals surface area (Å²) >= 11 is 0. The van der Waals surface area contributed by atoms with Gasteiger partial charge >= 0.3 is 18.2 Å². The van der Waals surface area contributed by atoms with Gasteiger partial charge in [-0.1, -0.05) is 91.0 Å². The van der Waals surface area contributed by atoms with Gasteiger partial charge in [0.05, 0.1) is 31.8 Å². The third-order valence-corrected chi connectivity index (χ3v) is 9.87. The molecule has 0 spiro atoms. The average Bonchev–Trinajstić information content (AvgIpc) is 3.58. The molecular formula is C46H58N4O10. The summed E-state index contributed by atoms with van der Waals surface area (Å²) < 4.78 is 21.9. The summed E-state index contributed by atoms with van der Waals surface area (Å²) in [6.45, 7) is 8.22. The van der Waals surface area contributed by atoms with E-state index in [-0.39, 0.29) is 77.3 Å². The van der Waals surface area contributed by atoms with Crippen molar-refractivity contribution in [3.63, 3.8) is 0 Å². The van der Waals surface area contributed by atoms with E-state index in [2.05, 4.69) is 34.4 Å². The monoisotopic (exact) mass is 826 g/mol. The number of aliphatic hydroxyl groups excluding tert-OH is 1. The fourth-order valence-corrected chi connectivity index (χ4v) is 6.81. The second-order valence-corrected chi connectivity index (χ2v) is 14.3. The van der Waals surface area contributed by atoms with Gasteiger partial charge in [-0.3, -0.25) is 9.59 Å². The third kappa shape index (κ3) is 15.6. The highest BCUT2D eigenvalue weighted by Gasteiger charge is 2.31. The summed E-state index contributed by atoms with van der Waals surface area (Å²) in [5.41, 5.74) is 5.16. The fraction of sp³-hybridized carbons (Fsp3) is 0.413. The maximum Gasteiger partial charge on any atom is 0.407 e. The van der Waals surface area contributed by atoms with Crippen molar-refractivity contribution in [3.05, 3.63) is 121 Å². The number of allylic oxidation sites excluding steroid dienone is 2. The molecule has 14 heteroatoms. The number of nitrogens with one attached hydrogen (secondary N) is 4. The van der Waals surface area contributed by atoms with Crippen LogP contribution in [0.2, 0.25) is 0 Å². The van der Waals surface area contributed by atoms with E-state index in [1.165, 1.54) is 0 Å². The summed E-state index contributed by atoms with van der Waals surface area (Å²) in [6.07, 6.45) is 3.99. The standard InChI is InChI=1S/C46H58N4O10/c1-3-5-23-41(50-46(56)60-32-40-38-21-11-9-19-36(38)37-20-10-12-22-39(37)40)44(54)58-31-35(18-13-14-24-48-45(55)59-30-33-16-7-6-8-17-33)49-43(53)34(15-4-2)29-42(52)47-25-27-57-28-26-51/h3-4,6-12,16-17,19-22,34-35,40-41,51H,1-2,5,13-15,18,23-32H2,(H,47,52)(H,48,55)(H,49,53)(H,50,56). The van der Waals surface area contributed by atoms with Crippen LogP contribution < -0.4 is 21.3 Å². The van der Waals surface area contributed by atoms with Gasteiger partial charge in [-0.05, 0) is 66.3 Å². The molecule has 0 fully saturated rings. The summed E-state index contributed by atoms with van der Waals surface area (Å²) in [5.74, 6) is -2.41. The van der Waals surface area contributed by atoms with Crippen LogP contribution in [-0.4, -0.2) is 93.3 Å². The molecule has 4 amide bonds. The second kappa shape index (κ2) is 26.2. The first-order chi connectivity index (χ1) is 29.2. The van der Waals surface area contributed by atoms with E-state index in [0.717, 1.165) is 27.8 Å². The van der Waals surface area contributed by atoms with Gasteiger partial charge in [0.1, 0.15) is 25.9 Å². The molecule has 4 rings (SSSR count). The van der Waals surface area contributed by atoms with E-state index in [9.17, 15) is 24.0 Å². The van der Waals surface area contributed by atoms with Crippen LogP contribution in [0, 0.1) is 5.92 Å². The van der Waals surface area contributed by atoms with E-state index in [1.807, 2.05) is 78.9 Å². The molecule has 0 saturated carbocycles. The lowest BCUT2D eigenvalue weighted by Gasteiger charge is -2.24. The zero-order chi connectivity index (χ0) is 43.0. The number of amides is 4. The lowest BCUT2D eigenvalue weighted by Crippen LogP contribution is -2.46. The number of benzene rings is 3. The number of carbonyl (C=O) groups excluding carboxylic acids is 5. The van der Waals surface area contributed by atoms with Crippen LogP contribution in [0.15, 0.2) is 104 Å². The van der Waals surface area contributed by atoms with Gasteiger partial charge in [0.15, 0.2) is 0 Å². The highest BCUT2D eigenvalue weighted by molar-refractivity contribution is 5.86. The first-order valence-electron chi connectivity index (χ1n) is 20.4. The molecule has 5 N–H and O–H groups in total. The minimum Gasteiger partial charge on any atom is -0.462 e. The Kier molecular flexibility index (Phi) is 20.4. The molecule has 0 bridgehead atoms. The van der Waals surface area contributed by atoms with Gasteiger partial charge in [-0.15, -0.1) is 13.2 Å². The van der Waals surface area contributed by atoms with Crippen LogP contribution in [0.3, 0.4) is 0 Å². The van der Waals surface area contributed by atoms with Crippen LogP contribution in [0.25, 0.3) is 11.1 Å². The Morgan fingerprint density at radius 3 is 2.12 bits per heavy atom. The zero-order valence-electron chi connectivity index (χ0n) is 34.1. The Hall–Kier alpha value is -5.99. The molecule has 3 atom stereocenters. The quantitative estimate of drug-likeness (QED) is 0.0276. The average molecular weight is 827 g/mol. The molecule has 0 aliphatic heterocycles. The van der Waals surface area contributed by atoms with Crippen LogP contribution in [0.4, 0.5) is 9.59 Å². The lowest BCUT2D eigenvalue weighted by atomic mass is 9.98. The molecule has 3 unspecified atom stereocenters. The normalized spacial score (nSPS) is 13.0. The number of fused-ring (bicyclic) bond motifs is 3. The topological polar surface area (TPSA) is 191 Å². The molecule has 0 radical (unpaired) electrons. The van der Waals surface area contributed by atoms with Crippen molar-refractivity contribution in [2.75, 3.05) is 46.1 Å². The van der Waals surface area contributed by atoms with Crippen molar-refractivity contribution < 1.29 is 48.0 Å².